The lowest BCUT2D eigenvalue weighted by atomic mass is 10.2. The van der Waals surface area contributed by atoms with E-state index >= 15 is 0 Å². The number of hydrogen-bond donors (Lipinski definition) is 2. The minimum Gasteiger partial charge on any atom is -0.495 e. The van der Waals surface area contributed by atoms with Crippen molar-refractivity contribution in [2.75, 3.05) is 13.7 Å². The van der Waals surface area contributed by atoms with Gasteiger partial charge in [0.1, 0.15) is 16.5 Å². The summed E-state index contributed by atoms with van der Waals surface area (Å²) >= 11 is 0. The van der Waals surface area contributed by atoms with Crippen molar-refractivity contribution < 1.29 is 17.9 Å². The van der Waals surface area contributed by atoms with Gasteiger partial charge in [-0.1, -0.05) is 12.1 Å². The first-order valence-corrected chi connectivity index (χ1v) is 11.1. The molecule has 2 N–H and O–H groups in total. The zero-order valence-corrected chi connectivity index (χ0v) is 18.3. The summed E-state index contributed by atoms with van der Waals surface area (Å²) in [4.78, 5) is 17.1. The SMILES string of the molecule is COc1ccc(C(=O)NCCn2c(C)nc3ccccc32)cc1S(=O)(=O)NC(C)C. The van der Waals surface area contributed by atoms with Crippen molar-refractivity contribution in [3.63, 3.8) is 0 Å². The Bertz CT molecular complexity index is 1170. The number of amides is 1. The van der Waals surface area contributed by atoms with Crippen molar-refractivity contribution in [2.24, 2.45) is 0 Å². The predicted octanol–water partition coefficient (Wildman–Crippen LogP) is 2.47. The van der Waals surface area contributed by atoms with Crippen LogP contribution < -0.4 is 14.8 Å². The molecule has 30 heavy (non-hydrogen) atoms. The van der Waals surface area contributed by atoms with Crippen LogP contribution in [0.4, 0.5) is 0 Å². The number of benzene rings is 2. The minimum atomic E-state index is -3.81. The molecule has 0 aliphatic carbocycles. The Morgan fingerprint density at radius 3 is 2.63 bits per heavy atom. The smallest absolute Gasteiger partial charge is 0.251 e. The molecule has 1 aromatic heterocycles. The first kappa shape index (κ1) is 21.8. The first-order valence-electron chi connectivity index (χ1n) is 9.63. The van der Waals surface area contributed by atoms with Gasteiger partial charge in [0.05, 0.1) is 18.1 Å². The average molecular weight is 431 g/mol. The molecule has 1 amide bonds. The van der Waals surface area contributed by atoms with Crippen molar-refractivity contribution in [2.45, 2.75) is 38.3 Å². The molecular weight excluding hydrogens is 404 g/mol. The Labute approximate surface area is 176 Å². The second-order valence-corrected chi connectivity index (χ2v) is 8.88. The quantitative estimate of drug-likeness (QED) is 0.572. The first-order chi connectivity index (χ1) is 14.2. The highest BCUT2D eigenvalue weighted by Crippen LogP contribution is 2.25. The summed E-state index contributed by atoms with van der Waals surface area (Å²) in [7, 11) is -2.42. The van der Waals surface area contributed by atoms with Gasteiger partial charge in [0, 0.05) is 24.7 Å². The average Bonchev–Trinajstić information content (AvgIpc) is 3.01. The lowest BCUT2D eigenvalue weighted by Gasteiger charge is -2.14. The molecule has 0 spiro atoms. The Kier molecular flexibility index (Phi) is 6.42. The van der Waals surface area contributed by atoms with Crippen molar-refractivity contribution >= 4 is 27.0 Å². The molecule has 9 heteroatoms. The molecule has 0 saturated heterocycles. The fraction of sp³-hybridized carbons (Fsp3) is 0.333. The summed E-state index contributed by atoms with van der Waals surface area (Å²) in [5.74, 6) is 0.684. The molecule has 0 aliphatic rings. The van der Waals surface area contributed by atoms with E-state index in [4.69, 9.17) is 4.74 Å². The van der Waals surface area contributed by atoms with Gasteiger partial charge in [-0.25, -0.2) is 18.1 Å². The van der Waals surface area contributed by atoms with Gasteiger partial charge in [0.2, 0.25) is 10.0 Å². The highest BCUT2D eigenvalue weighted by molar-refractivity contribution is 7.89. The number of fused-ring (bicyclic) bond motifs is 1. The van der Waals surface area contributed by atoms with Gasteiger partial charge >= 0.3 is 0 Å². The number of rotatable bonds is 8. The second-order valence-electron chi connectivity index (χ2n) is 7.20. The van der Waals surface area contributed by atoms with Crippen LogP contribution in [0, 0.1) is 6.92 Å². The van der Waals surface area contributed by atoms with E-state index in [1.54, 1.807) is 19.9 Å². The van der Waals surface area contributed by atoms with Crippen molar-refractivity contribution in [1.29, 1.82) is 0 Å². The van der Waals surface area contributed by atoms with E-state index in [-0.39, 0.29) is 28.2 Å². The van der Waals surface area contributed by atoms with E-state index < -0.39 is 10.0 Å². The zero-order chi connectivity index (χ0) is 21.9. The molecule has 0 saturated carbocycles. The number of aromatic nitrogens is 2. The predicted molar refractivity (Wildman–Crippen MR) is 115 cm³/mol. The van der Waals surface area contributed by atoms with E-state index in [9.17, 15) is 13.2 Å². The summed E-state index contributed by atoms with van der Waals surface area (Å²) in [5, 5.41) is 2.84. The van der Waals surface area contributed by atoms with Crippen LogP contribution in [-0.2, 0) is 16.6 Å². The van der Waals surface area contributed by atoms with Crippen LogP contribution in [-0.4, -0.2) is 43.6 Å². The topological polar surface area (TPSA) is 102 Å². The van der Waals surface area contributed by atoms with Gasteiger partial charge in [0.15, 0.2) is 0 Å². The summed E-state index contributed by atoms with van der Waals surface area (Å²) in [6.45, 7) is 6.29. The molecule has 3 aromatic rings. The van der Waals surface area contributed by atoms with Gasteiger partial charge in [-0.05, 0) is 51.1 Å². The molecule has 8 nitrogen and oxygen atoms in total. The number of methoxy groups -OCH3 is 1. The zero-order valence-electron chi connectivity index (χ0n) is 17.5. The third-order valence-electron chi connectivity index (χ3n) is 4.57. The number of aryl methyl sites for hydroxylation is 1. The molecule has 160 valence electrons. The second kappa shape index (κ2) is 8.85. The number of imidazole rings is 1. The highest BCUT2D eigenvalue weighted by atomic mass is 32.2. The maximum atomic E-state index is 12.6. The molecule has 0 atom stereocenters. The van der Waals surface area contributed by atoms with E-state index in [0.717, 1.165) is 16.9 Å². The van der Waals surface area contributed by atoms with Crippen molar-refractivity contribution in [3.05, 3.63) is 53.9 Å². The standard InChI is InChI=1S/C21H26N4O4S/c1-14(2)24-30(27,28)20-13-16(9-10-19(20)29-4)21(26)22-11-12-25-15(3)23-17-7-5-6-8-18(17)25/h5-10,13-14,24H,11-12H2,1-4H3,(H,22,26). The van der Waals surface area contributed by atoms with Gasteiger partial charge < -0.3 is 14.6 Å². The monoisotopic (exact) mass is 430 g/mol. The largest absolute Gasteiger partial charge is 0.495 e. The molecule has 3 rings (SSSR count). The molecular formula is C21H26N4O4S. The Morgan fingerprint density at radius 1 is 1.20 bits per heavy atom. The number of sulfonamides is 1. The number of carbonyl (C=O) groups excluding carboxylic acids is 1. The summed E-state index contributed by atoms with van der Waals surface area (Å²) in [6, 6.07) is 11.9. The number of carbonyl (C=O) groups is 1. The maximum Gasteiger partial charge on any atom is 0.251 e. The Balaban J connectivity index is 1.75. The van der Waals surface area contributed by atoms with Gasteiger partial charge in [-0.3, -0.25) is 4.79 Å². The lowest BCUT2D eigenvalue weighted by molar-refractivity contribution is 0.0952. The summed E-state index contributed by atoms with van der Waals surface area (Å²) < 4.78 is 34.9. The highest BCUT2D eigenvalue weighted by Gasteiger charge is 2.22. The van der Waals surface area contributed by atoms with E-state index in [1.165, 1.54) is 19.2 Å². The van der Waals surface area contributed by atoms with E-state index in [2.05, 4.69) is 15.0 Å². The van der Waals surface area contributed by atoms with Crippen molar-refractivity contribution in [1.82, 2.24) is 19.6 Å². The van der Waals surface area contributed by atoms with Crippen LogP contribution in [0.2, 0.25) is 0 Å². The van der Waals surface area contributed by atoms with Crippen LogP contribution in [0.1, 0.15) is 30.0 Å². The number of nitrogens with zero attached hydrogens (tertiary/aromatic N) is 2. The van der Waals surface area contributed by atoms with Crippen molar-refractivity contribution in [3.8, 4) is 5.75 Å². The molecule has 1 heterocycles. The molecule has 0 aliphatic heterocycles. The Morgan fingerprint density at radius 2 is 1.93 bits per heavy atom. The van der Waals surface area contributed by atoms with E-state index in [0.29, 0.717) is 13.1 Å². The fourth-order valence-electron chi connectivity index (χ4n) is 3.26. The normalized spacial score (nSPS) is 11.8. The Hall–Kier alpha value is -2.91. The summed E-state index contributed by atoms with van der Waals surface area (Å²) in [6.07, 6.45) is 0. The van der Waals surface area contributed by atoms with Crippen LogP contribution in [0.15, 0.2) is 47.4 Å². The maximum absolute atomic E-state index is 12.6. The van der Waals surface area contributed by atoms with Gasteiger partial charge in [-0.15, -0.1) is 0 Å². The molecule has 0 bridgehead atoms. The third kappa shape index (κ3) is 4.63. The summed E-state index contributed by atoms with van der Waals surface area (Å²) in [5.41, 5.74) is 2.15. The molecule has 0 unspecified atom stereocenters. The number of hydrogen-bond acceptors (Lipinski definition) is 5. The van der Waals surface area contributed by atoms with Crippen LogP contribution in [0.25, 0.3) is 11.0 Å². The van der Waals surface area contributed by atoms with Crippen LogP contribution >= 0.6 is 0 Å². The molecule has 0 radical (unpaired) electrons. The lowest BCUT2D eigenvalue weighted by Crippen LogP contribution is -2.31. The number of nitrogens with one attached hydrogen (secondary N) is 2. The van der Waals surface area contributed by atoms with Gasteiger partial charge in [0.25, 0.3) is 5.91 Å². The van der Waals surface area contributed by atoms with E-state index in [1.807, 2.05) is 35.8 Å². The molecule has 2 aromatic carbocycles. The number of para-hydroxylation sites is 2. The van der Waals surface area contributed by atoms with Crippen LogP contribution in [0.3, 0.4) is 0 Å². The van der Waals surface area contributed by atoms with Crippen LogP contribution in [0.5, 0.6) is 5.75 Å². The fourth-order valence-corrected chi connectivity index (χ4v) is 4.71. The molecule has 0 fully saturated rings. The third-order valence-corrected chi connectivity index (χ3v) is 6.25. The number of ether oxygens (including phenoxy) is 1. The minimum absolute atomic E-state index is 0.0669. The van der Waals surface area contributed by atoms with Gasteiger partial charge in [-0.2, -0.15) is 0 Å².